The smallest absolute Gasteiger partial charge is 0.192 e. The summed E-state index contributed by atoms with van der Waals surface area (Å²) in [7, 11) is 0. The Morgan fingerprint density at radius 1 is 1.42 bits per heavy atom. The largest absolute Gasteiger partial charge is 0.347 e. The maximum absolute atomic E-state index is 11.2. The minimum absolute atomic E-state index is 0.165. The first kappa shape index (κ1) is 8.53. The fourth-order valence-corrected chi connectivity index (χ4v) is 2.26. The van der Waals surface area contributed by atoms with Crippen LogP contribution in [0.4, 0.5) is 0 Å². The molecule has 0 radical (unpaired) electrons. The molecule has 0 aromatic rings. The molecule has 2 aliphatic rings. The molecule has 1 spiro atoms. The predicted molar refractivity (Wildman–Crippen MR) is 45.9 cm³/mol. The van der Waals surface area contributed by atoms with Gasteiger partial charge in [0.05, 0.1) is 13.2 Å². The lowest BCUT2D eigenvalue weighted by Gasteiger charge is -2.41. The van der Waals surface area contributed by atoms with Crippen molar-refractivity contribution in [3.8, 4) is 0 Å². The van der Waals surface area contributed by atoms with Crippen molar-refractivity contribution in [2.75, 3.05) is 19.5 Å². The lowest BCUT2D eigenvalue weighted by atomic mass is 9.80. The first-order valence-electron chi connectivity index (χ1n) is 4.11. The molecular weight excluding hydrogens is 176 g/mol. The van der Waals surface area contributed by atoms with Crippen LogP contribution in [0.5, 0.6) is 0 Å². The third kappa shape index (κ3) is 1.28. The third-order valence-electron chi connectivity index (χ3n) is 2.46. The molecular formula is C8H12O3S. The molecule has 0 amide bonds. The van der Waals surface area contributed by atoms with Crippen molar-refractivity contribution in [3.63, 3.8) is 0 Å². The maximum atomic E-state index is 11.2. The number of thioether (sulfide) groups is 1. The molecule has 2 rings (SSSR count). The van der Waals surface area contributed by atoms with Crippen molar-refractivity contribution in [1.29, 1.82) is 0 Å². The van der Waals surface area contributed by atoms with Crippen LogP contribution in [0, 0.1) is 5.92 Å². The Balaban J connectivity index is 1.86. The van der Waals surface area contributed by atoms with Crippen molar-refractivity contribution >= 4 is 16.9 Å². The summed E-state index contributed by atoms with van der Waals surface area (Å²) in [5.41, 5.74) is 0. The average molecular weight is 188 g/mol. The number of carbonyl (C=O) groups excluding carboxylic acids is 1. The Hall–Kier alpha value is -0.0600. The number of rotatable bonds is 1. The standard InChI is InChI=1S/C8H12O3S/c1-12-7(9)6-4-8(5-6)10-2-3-11-8/h6H,2-5H2,1H3. The molecule has 2 fully saturated rings. The van der Waals surface area contributed by atoms with E-state index in [1.54, 1.807) is 0 Å². The van der Waals surface area contributed by atoms with Crippen LogP contribution in [-0.4, -0.2) is 30.4 Å². The molecule has 1 heterocycles. The molecule has 0 unspecified atom stereocenters. The lowest BCUT2D eigenvalue weighted by molar-refractivity contribution is -0.226. The monoisotopic (exact) mass is 188 g/mol. The van der Waals surface area contributed by atoms with Gasteiger partial charge in [0.25, 0.3) is 0 Å². The second-order valence-corrected chi connectivity index (χ2v) is 4.05. The molecule has 0 atom stereocenters. The van der Waals surface area contributed by atoms with E-state index in [2.05, 4.69) is 0 Å². The molecule has 3 nitrogen and oxygen atoms in total. The van der Waals surface area contributed by atoms with Gasteiger partial charge in [-0.25, -0.2) is 0 Å². The number of hydrogen-bond acceptors (Lipinski definition) is 4. The average Bonchev–Trinajstić information content (AvgIpc) is 2.48. The van der Waals surface area contributed by atoms with Gasteiger partial charge in [-0.3, -0.25) is 4.79 Å². The zero-order chi connectivity index (χ0) is 8.60. The summed E-state index contributed by atoms with van der Waals surface area (Å²) in [6, 6.07) is 0. The van der Waals surface area contributed by atoms with Gasteiger partial charge >= 0.3 is 0 Å². The van der Waals surface area contributed by atoms with Gasteiger partial charge in [-0.15, -0.1) is 0 Å². The van der Waals surface area contributed by atoms with E-state index in [9.17, 15) is 4.79 Å². The van der Waals surface area contributed by atoms with Crippen molar-refractivity contribution in [2.45, 2.75) is 18.6 Å². The van der Waals surface area contributed by atoms with E-state index in [0.29, 0.717) is 13.2 Å². The van der Waals surface area contributed by atoms with Gasteiger partial charge in [-0.2, -0.15) is 0 Å². The number of ether oxygens (including phenoxy) is 2. The van der Waals surface area contributed by atoms with Crippen LogP contribution in [0.15, 0.2) is 0 Å². The molecule has 1 aliphatic carbocycles. The summed E-state index contributed by atoms with van der Waals surface area (Å²) in [5, 5.41) is 0.264. The fraction of sp³-hybridized carbons (Fsp3) is 0.875. The van der Waals surface area contributed by atoms with Crippen molar-refractivity contribution < 1.29 is 14.3 Å². The van der Waals surface area contributed by atoms with Gasteiger partial charge in [-0.05, 0) is 6.26 Å². The van der Waals surface area contributed by atoms with E-state index < -0.39 is 0 Å². The van der Waals surface area contributed by atoms with Crippen molar-refractivity contribution in [1.82, 2.24) is 0 Å². The minimum atomic E-state index is -0.365. The van der Waals surface area contributed by atoms with Crippen LogP contribution >= 0.6 is 11.8 Å². The summed E-state index contributed by atoms with van der Waals surface area (Å²) in [5.74, 6) is -0.200. The van der Waals surface area contributed by atoms with E-state index >= 15 is 0 Å². The van der Waals surface area contributed by atoms with Gasteiger partial charge < -0.3 is 9.47 Å². The van der Waals surface area contributed by atoms with Crippen molar-refractivity contribution in [3.05, 3.63) is 0 Å². The van der Waals surface area contributed by atoms with Crippen LogP contribution in [0.2, 0.25) is 0 Å². The van der Waals surface area contributed by atoms with E-state index in [-0.39, 0.29) is 16.8 Å². The number of carbonyl (C=O) groups is 1. The SMILES string of the molecule is CSC(=O)C1CC2(C1)OCCO2. The van der Waals surface area contributed by atoms with Gasteiger partial charge in [0, 0.05) is 18.8 Å². The highest BCUT2D eigenvalue weighted by molar-refractivity contribution is 8.13. The molecule has 0 aromatic carbocycles. The Bertz CT molecular complexity index is 190. The van der Waals surface area contributed by atoms with Crippen molar-refractivity contribution in [2.24, 2.45) is 5.92 Å². The van der Waals surface area contributed by atoms with Crippen LogP contribution in [-0.2, 0) is 14.3 Å². The highest BCUT2D eigenvalue weighted by atomic mass is 32.2. The summed E-state index contributed by atoms with van der Waals surface area (Å²) in [6.07, 6.45) is 3.34. The van der Waals surface area contributed by atoms with Crippen LogP contribution in [0.1, 0.15) is 12.8 Å². The van der Waals surface area contributed by atoms with E-state index in [0.717, 1.165) is 12.8 Å². The first-order chi connectivity index (χ1) is 5.76. The minimum Gasteiger partial charge on any atom is -0.347 e. The summed E-state index contributed by atoms with van der Waals surface area (Å²) in [4.78, 5) is 11.2. The second-order valence-electron chi connectivity index (χ2n) is 3.24. The maximum Gasteiger partial charge on any atom is 0.192 e. The van der Waals surface area contributed by atoms with Gasteiger partial charge in [0.15, 0.2) is 10.9 Å². The van der Waals surface area contributed by atoms with Gasteiger partial charge in [0.1, 0.15) is 0 Å². The third-order valence-corrected chi connectivity index (χ3v) is 3.20. The highest BCUT2D eigenvalue weighted by Crippen LogP contribution is 2.45. The molecule has 4 heteroatoms. The molecule has 1 aliphatic heterocycles. The van der Waals surface area contributed by atoms with Gasteiger partial charge in [0.2, 0.25) is 0 Å². The Morgan fingerprint density at radius 2 is 2.00 bits per heavy atom. The molecule has 12 heavy (non-hydrogen) atoms. The van der Waals surface area contributed by atoms with E-state index in [1.807, 2.05) is 6.26 Å². The zero-order valence-corrected chi connectivity index (χ0v) is 7.86. The molecule has 1 saturated carbocycles. The normalized spacial score (nSPS) is 27.4. The zero-order valence-electron chi connectivity index (χ0n) is 7.04. The molecule has 0 bridgehead atoms. The number of hydrogen-bond donors (Lipinski definition) is 0. The molecule has 68 valence electrons. The predicted octanol–water partition coefficient (Wildman–Crippen LogP) is 1.03. The van der Waals surface area contributed by atoms with Crippen LogP contribution in [0.3, 0.4) is 0 Å². The van der Waals surface area contributed by atoms with E-state index in [1.165, 1.54) is 11.8 Å². The summed E-state index contributed by atoms with van der Waals surface area (Å²) < 4.78 is 10.8. The Labute approximate surface area is 75.8 Å². The second kappa shape index (κ2) is 3.01. The first-order valence-corrected chi connectivity index (χ1v) is 5.34. The van der Waals surface area contributed by atoms with Gasteiger partial charge in [-0.1, -0.05) is 11.8 Å². The Morgan fingerprint density at radius 3 is 2.50 bits per heavy atom. The quantitative estimate of drug-likeness (QED) is 0.615. The summed E-state index contributed by atoms with van der Waals surface area (Å²) >= 11 is 1.30. The lowest BCUT2D eigenvalue weighted by Crippen LogP contribution is -2.47. The summed E-state index contributed by atoms with van der Waals surface area (Å²) in [6.45, 7) is 1.36. The van der Waals surface area contributed by atoms with Crippen LogP contribution < -0.4 is 0 Å². The highest BCUT2D eigenvalue weighted by Gasteiger charge is 2.51. The van der Waals surface area contributed by atoms with E-state index in [4.69, 9.17) is 9.47 Å². The Kier molecular flexibility index (Phi) is 2.14. The molecule has 0 N–H and O–H groups in total. The van der Waals surface area contributed by atoms with Crippen LogP contribution in [0.25, 0.3) is 0 Å². The molecule has 0 aromatic heterocycles. The fourth-order valence-electron chi connectivity index (χ4n) is 1.76. The topological polar surface area (TPSA) is 35.5 Å². The molecule has 1 saturated heterocycles.